The normalized spacial score (nSPS) is 14.9. The Labute approximate surface area is 216 Å². The molecule has 1 aliphatic carbocycles. The summed E-state index contributed by atoms with van der Waals surface area (Å²) in [6.07, 6.45) is 4.45. The van der Waals surface area contributed by atoms with Crippen molar-refractivity contribution >= 4 is 51.5 Å². The number of hydrogen-bond acceptors (Lipinski definition) is 7. The number of ether oxygens (including phenoxy) is 1. The first-order valence-electron chi connectivity index (χ1n) is 11.1. The molecule has 11 heteroatoms. The quantitative estimate of drug-likeness (QED) is 0.289. The summed E-state index contributed by atoms with van der Waals surface area (Å²) in [5, 5.41) is 13.1. The Morgan fingerprint density at radius 1 is 1.37 bits per heavy atom. The number of nitrogens with one attached hydrogen (secondary N) is 1. The summed E-state index contributed by atoms with van der Waals surface area (Å²) < 4.78 is 7.64. The van der Waals surface area contributed by atoms with E-state index < -0.39 is 5.91 Å². The molecule has 1 unspecified atom stereocenters. The van der Waals surface area contributed by atoms with Crippen LogP contribution in [0.15, 0.2) is 42.1 Å². The second kappa shape index (κ2) is 11.3. The molecule has 0 fully saturated rings. The van der Waals surface area contributed by atoms with E-state index in [0.717, 1.165) is 29.7 Å². The van der Waals surface area contributed by atoms with E-state index in [1.807, 2.05) is 4.57 Å². The van der Waals surface area contributed by atoms with E-state index in [1.54, 1.807) is 30.3 Å². The number of halogens is 1. The van der Waals surface area contributed by atoms with Crippen LogP contribution < -0.4 is 15.8 Å². The summed E-state index contributed by atoms with van der Waals surface area (Å²) in [6, 6.07) is 7.05. The molecule has 184 valence electrons. The van der Waals surface area contributed by atoms with Crippen molar-refractivity contribution in [1.82, 2.24) is 14.8 Å². The molecule has 0 bridgehead atoms. The molecule has 4 rings (SSSR count). The second-order valence-corrected chi connectivity index (χ2v) is 10.8. The molecule has 1 aliphatic rings. The van der Waals surface area contributed by atoms with Gasteiger partial charge >= 0.3 is 0 Å². The van der Waals surface area contributed by atoms with Crippen molar-refractivity contribution in [2.75, 3.05) is 11.1 Å². The first-order valence-corrected chi connectivity index (χ1v) is 13.3. The molecule has 0 spiro atoms. The highest BCUT2D eigenvalue weighted by Gasteiger charge is 2.27. The zero-order chi connectivity index (χ0) is 24.9. The third-order valence-electron chi connectivity index (χ3n) is 5.63. The Morgan fingerprint density at radius 2 is 2.14 bits per heavy atom. The van der Waals surface area contributed by atoms with Gasteiger partial charge in [-0.05, 0) is 55.0 Å². The minimum atomic E-state index is -0.504. The zero-order valence-corrected chi connectivity index (χ0v) is 21.6. The molecule has 0 aliphatic heterocycles. The van der Waals surface area contributed by atoms with E-state index in [9.17, 15) is 9.59 Å². The monoisotopic (exact) mass is 531 g/mol. The SMILES string of the molecule is C=CCn1c(COc2ccc(Cl)cc2)nnc1SCC(=O)Nc1sc2c(c1C(N)=O)CCC(C)C2. The van der Waals surface area contributed by atoms with Crippen LogP contribution >= 0.6 is 34.7 Å². The van der Waals surface area contributed by atoms with E-state index in [2.05, 4.69) is 29.0 Å². The molecule has 2 aromatic heterocycles. The lowest BCUT2D eigenvalue weighted by Crippen LogP contribution is -2.20. The number of carbonyl (C=O) groups is 2. The maximum absolute atomic E-state index is 12.8. The first-order chi connectivity index (χ1) is 16.9. The third kappa shape index (κ3) is 6.06. The standard InChI is InChI=1S/C24H26ClN5O3S2/c1-3-10-30-19(12-33-16-7-5-15(25)6-8-16)28-29-24(30)34-13-20(31)27-23-21(22(26)32)17-9-4-14(2)11-18(17)35-23/h3,5-8,14H,1,4,9-13H2,2H3,(H2,26,32)(H,27,31). The number of allylic oxidation sites excluding steroid dienone is 1. The number of aromatic nitrogens is 3. The fraction of sp³-hybridized carbons (Fsp3) is 0.333. The maximum Gasteiger partial charge on any atom is 0.251 e. The maximum atomic E-state index is 12.8. The zero-order valence-electron chi connectivity index (χ0n) is 19.3. The van der Waals surface area contributed by atoms with Gasteiger partial charge in [-0.25, -0.2) is 0 Å². The van der Waals surface area contributed by atoms with Gasteiger partial charge in [0, 0.05) is 16.4 Å². The molecule has 0 saturated carbocycles. The van der Waals surface area contributed by atoms with Crippen molar-refractivity contribution in [1.29, 1.82) is 0 Å². The van der Waals surface area contributed by atoms with E-state index in [-0.39, 0.29) is 18.3 Å². The van der Waals surface area contributed by atoms with Gasteiger partial charge in [0.05, 0.1) is 11.3 Å². The molecule has 3 aromatic rings. The van der Waals surface area contributed by atoms with Crippen LogP contribution in [0.5, 0.6) is 5.75 Å². The topological polar surface area (TPSA) is 112 Å². The van der Waals surface area contributed by atoms with Crippen LogP contribution in [-0.2, 0) is 30.8 Å². The number of nitrogens with two attached hydrogens (primary N) is 1. The molecule has 0 saturated heterocycles. The number of fused-ring (bicyclic) bond motifs is 1. The average molecular weight is 532 g/mol. The summed E-state index contributed by atoms with van der Waals surface area (Å²) in [5.41, 5.74) is 7.09. The molecular weight excluding hydrogens is 506 g/mol. The van der Waals surface area contributed by atoms with Crippen LogP contribution in [-0.4, -0.2) is 32.3 Å². The number of anilines is 1. The predicted octanol–water partition coefficient (Wildman–Crippen LogP) is 4.71. The average Bonchev–Trinajstić information content (AvgIpc) is 3.37. The van der Waals surface area contributed by atoms with Crippen LogP contribution in [0.25, 0.3) is 0 Å². The van der Waals surface area contributed by atoms with Crippen molar-refractivity contribution < 1.29 is 14.3 Å². The molecular formula is C24H26ClN5O3S2. The molecule has 8 nitrogen and oxygen atoms in total. The Hall–Kier alpha value is -2.82. The smallest absolute Gasteiger partial charge is 0.251 e. The van der Waals surface area contributed by atoms with Gasteiger partial charge in [0.15, 0.2) is 11.0 Å². The highest BCUT2D eigenvalue weighted by atomic mass is 35.5. The van der Waals surface area contributed by atoms with Crippen molar-refractivity contribution in [3.63, 3.8) is 0 Å². The summed E-state index contributed by atoms with van der Waals surface area (Å²) >= 11 is 8.62. The van der Waals surface area contributed by atoms with Gasteiger partial charge in [0.1, 0.15) is 17.4 Å². The van der Waals surface area contributed by atoms with Gasteiger partial charge < -0.3 is 15.8 Å². The molecule has 0 radical (unpaired) electrons. The third-order valence-corrected chi connectivity index (χ3v) is 8.02. The lowest BCUT2D eigenvalue weighted by molar-refractivity contribution is -0.113. The van der Waals surface area contributed by atoms with Gasteiger partial charge in [-0.15, -0.1) is 28.1 Å². The van der Waals surface area contributed by atoms with Gasteiger partial charge in [-0.1, -0.05) is 36.4 Å². The Morgan fingerprint density at radius 3 is 2.86 bits per heavy atom. The Kier molecular flexibility index (Phi) is 8.15. The van der Waals surface area contributed by atoms with E-state index in [0.29, 0.717) is 44.8 Å². The number of hydrogen-bond donors (Lipinski definition) is 2. The van der Waals surface area contributed by atoms with Crippen LogP contribution in [0, 0.1) is 5.92 Å². The van der Waals surface area contributed by atoms with E-state index in [4.69, 9.17) is 22.1 Å². The molecule has 2 heterocycles. The van der Waals surface area contributed by atoms with Gasteiger partial charge in [-0.2, -0.15) is 0 Å². The van der Waals surface area contributed by atoms with Crippen molar-refractivity contribution in [2.24, 2.45) is 11.7 Å². The Bertz CT molecular complexity index is 1240. The Balaban J connectivity index is 1.41. The molecule has 35 heavy (non-hydrogen) atoms. The molecule has 1 aromatic carbocycles. The number of benzene rings is 1. The number of thioether (sulfide) groups is 1. The fourth-order valence-corrected chi connectivity index (χ4v) is 6.24. The minimum absolute atomic E-state index is 0.102. The number of carbonyl (C=O) groups excluding carboxylic acids is 2. The van der Waals surface area contributed by atoms with E-state index in [1.165, 1.54) is 23.1 Å². The highest BCUT2D eigenvalue weighted by Crippen LogP contribution is 2.39. The number of thiophene rings is 1. The van der Waals surface area contributed by atoms with Crippen LogP contribution in [0.1, 0.15) is 40.0 Å². The van der Waals surface area contributed by atoms with Gasteiger partial charge in [0.2, 0.25) is 5.91 Å². The molecule has 3 N–H and O–H groups in total. The lowest BCUT2D eigenvalue weighted by atomic mass is 9.88. The minimum Gasteiger partial charge on any atom is -0.486 e. The number of amides is 2. The number of rotatable bonds is 10. The van der Waals surface area contributed by atoms with Gasteiger partial charge in [0.25, 0.3) is 5.91 Å². The van der Waals surface area contributed by atoms with Gasteiger partial charge in [-0.3, -0.25) is 14.2 Å². The largest absolute Gasteiger partial charge is 0.486 e. The lowest BCUT2D eigenvalue weighted by Gasteiger charge is -2.18. The van der Waals surface area contributed by atoms with Crippen LogP contribution in [0.3, 0.4) is 0 Å². The summed E-state index contributed by atoms with van der Waals surface area (Å²) in [4.78, 5) is 26.0. The highest BCUT2D eigenvalue weighted by molar-refractivity contribution is 7.99. The van der Waals surface area contributed by atoms with Crippen molar-refractivity contribution in [2.45, 2.75) is 44.5 Å². The molecule has 1 atom stereocenters. The van der Waals surface area contributed by atoms with E-state index >= 15 is 0 Å². The summed E-state index contributed by atoms with van der Waals surface area (Å²) in [6.45, 7) is 6.66. The second-order valence-electron chi connectivity index (χ2n) is 8.30. The summed E-state index contributed by atoms with van der Waals surface area (Å²) in [7, 11) is 0. The molecule has 2 amide bonds. The van der Waals surface area contributed by atoms with Crippen LogP contribution in [0.2, 0.25) is 5.02 Å². The fourth-order valence-electron chi connectivity index (χ4n) is 3.92. The predicted molar refractivity (Wildman–Crippen MR) is 139 cm³/mol. The number of primary amides is 1. The van der Waals surface area contributed by atoms with Crippen molar-refractivity contribution in [3.05, 3.63) is 63.8 Å². The number of nitrogens with zero attached hydrogens (tertiary/aromatic N) is 3. The van der Waals surface area contributed by atoms with Crippen LogP contribution in [0.4, 0.5) is 5.00 Å². The first kappa shape index (κ1) is 25.3. The summed E-state index contributed by atoms with van der Waals surface area (Å²) in [5.74, 6) is 1.18. The van der Waals surface area contributed by atoms with Crippen molar-refractivity contribution in [3.8, 4) is 5.75 Å².